The molecule has 0 radical (unpaired) electrons. The quantitative estimate of drug-likeness (QED) is 0.536. The standard InChI is InChI=1S/C10H20N2O2/c1-8(2)7(9(3,4)13)11-10(5,6)12(8)14/h13-14H,1-6H3/p+1. The van der Waals surface area contributed by atoms with Crippen molar-refractivity contribution in [2.75, 3.05) is 0 Å². The molecule has 4 heteroatoms. The van der Waals surface area contributed by atoms with Crippen LogP contribution in [0.15, 0.2) is 0 Å². The van der Waals surface area contributed by atoms with Crippen molar-refractivity contribution in [2.24, 2.45) is 0 Å². The molecule has 0 fully saturated rings. The molecule has 0 amide bonds. The van der Waals surface area contributed by atoms with Crippen molar-refractivity contribution in [1.29, 1.82) is 0 Å². The topological polar surface area (TPSA) is 57.7 Å². The highest BCUT2D eigenvalue weighted by atomic mass is 16.5. The predicted molar refractivity (Wildman–Crippen MR) is 54.1 cm³/mol. The highest BCUT2D eigenvalue weighted by molar-refractivity contribution is 5.95. The molecule has 0 atom stereocenters. The Morgan fingerprint density at radius 3 is 1.79 bits per heavy atom. The van der Waals surface area contributed by atoms with Gasteiger partial charge in [-0.15, -0.1) is 5.06 Å². The minimum Gasteiger partial charge on any atom is -0.380 e. The maximum atomic E-state index is 9.97. The van der Waals surface area contributed by atoms with Gasteiger partial charge in [0.25, 0.3) is 0 Å². The summed E-state index contributed by atoms with van der Waals surface area (Å²) in [6.07, 6.45) is 0. The summed E-state index contributed by atoms with van der Waals surface area (Å²) in [5.41, 5.74) is -1.32. The molecule has 0 aliphatic carbocycles. The van der Waals surface area contributed by atoms with Crippen LogP contribution in [0.5, 0.6) is 0 Å². The number of hydrogen-bond acceptors (Lipinski definition) is 3. The van der Waals surface area contributed by atoms with Crippen LogP contribution < -0.4 is 4.99 Å². The largest absolute Gasteiger partial charge is 0.380 e. The fourth-order valence-corrected chi connectivity index (χ4v) is 2.22. The molecule has 1 heterocycles. The fraction of sp³-hybridized carbons (Fsp3) is 0.900. The lowest BCUT2D eigenvalue weighted by Gasteiger charge is -2.31. The summed E-state index contributed by atoms with van der Waals surface area (Å²) in [6.45, 7) is 10.9. The van der Waals surface area contributed by atoms with E-state index in [1.807, 2.05) is 27.7 Å². The second-order valence-corrected chi connectivity index (χ2v) is 5.49. The van der Waals surface area contributed by atoms with Gasteiger partial charge in [-0.25, -0.2) is 4.99 Å². The molecule has 4 nitrogen and oxygen atoms in total. The van der Waals surface area contributed by atoms with Gasteiger partial charge >= 0.3 is 0 Å². The van der Waals surface area contributed by atoms with Crippen molar-refractivity contribution in [1.82, 2.24) is 5.06 Å². The Morgan fingerprint density at radius 1 is 1.21 bits per heavy atom. The number of aliphatic hydroxyl groups is 1. The van der Waals surface area contributed by atoms with Crippen molar-refractivity contribution in [3.05, 3.63) is 0 Å². The van der Waals surface area contributed by atoms with E-state index in [0.29, 0.717) is 0 Å². The summed E-state index contributed by atoms with van der Waals surface area (Å²) in [7, 11) is 0. The van der Waals surface area contributed by atoms with Gasteiger partial charge in [0, 0.05) is 13.8 Å². The molecule has 0 saturated carbocycles. The van der Waals surface area contributed by atoms with Crippen molar-refractivity contribution in [2.45, 2.75) is 58.3 Å². The lowest BCUT2D eigenvalue weighted by molar-refractivity contribution is -0.587. The summed E-state index contributed by atoms with van der Waals surface area (Å²) in [5.74, 6) is 0. The zero-order valence-electron chi connectivity index (χ0n) is 9.84. The van der Waals surface area contributed by atoms with E-state index in [0.717, 1.165) is 5.71 Å². The highest BCUT2D eigenvalue weighted by Gasteiger charge is 2.57. The maximum Gasteiger partial charge on any atom is 0.233 e. The van der Waals surface area contributed by atoms with Gasteiger partial charge in [-0.3, -0.25) is 0 Å². The van der Waals surface area contributed by atoms with Crippen molar-refractivity contribution in [3.8, 4) is 0 Å². The molecular formula is C10H21N2O2+. The minimum atomic E-state index is -0.946. The lowest BCUT2D eigenvalue weighted by Crippen LogP contribution is -2.86. The van der Waals surface area contributed by atoms with Crippen LogP contribution in [0.4, 0.5) is 0 Å². The molecular weight excluding hydrogens is 180 g/mol. The molecule has 14 heavy (non-hydrogen) atoms. The van der Waals surface area contributed by atoms with E-state index in [9.17, 15) is 10.3 Å². The van der Waals surface area contributed by atoms with Crippen LogP contribution in [0, 0.1) is 0 Å². The normalized spacial score (nSPS) is 26.4. The van der Waals surface area contributed by atoms with Crippen molar-refractivity contribution >= 4 is 5.71 Å². The smallest absolute Gasteiger partial charge is 0.233 e. The third-order valence-electron chi connectivity index (χ3n) is 2.71. The van der Waals surface area contributed by atoms with Crippen LogP contribution in [0.3, 0.4) is 0 Å². The fourth-order valence-electron chi connectivity index (χ4n) is 2.22. The third kappa shape index (κ3) is 1.58. The predicted octanol–water partition coefficient (Wildman–Crippen LogP) is -0.502. The van der Waals surface area contributed by atoms with Gasteiger partial charge in [-0.05, 0) is 27.7 Å². The van der Waals surface area contributed by atoms with E-state index in [4.69, 9.17) is 0 Å². The highest BCUT2D eigenvalue weighted by Crippen LogP contribution is 2.27. The Hall–Kier alpha value is -0.450. The molecule has 0 unspecified atom stereocenters. The Morgan fingerprint density at radius 2 is 1.64 bits per heavy atom. The van der Waals surface area contributed by atoms with Gasteiger partial charge in [-0.2, -0.15) is 0 Å². The molecule has 1 aliphatic heterocycles. The van der Waals surface area contributed by atoms with E-state index in [1.165, 1.54) is 5.06 Å². The van der Waals surface area contributed by atoms with E-state index < -0.39 is 16.8 Å². The molecule has 1 aliphatic rings. The average molecular weight is 201 g/mol. The Labute approximate surface area is 85.2 Å². The first-order chi connectivity index (χ1) is 5.99. The van der Waals surface area contributed by atoms with E-state index in [2.05, 4.69) is 4.99 Å². The number of nitrogens with one attached hydrogen (secondary N) is 1. The molecule has 0 bridgehead atoms. The zero-order chi connectivity index (χ0) is 11.4. The van der Waals surface area contributed by atoms with Gasteiger partial charge in [0.2, 0.25) is 11.4 Å². The summed E-state index contributed by atoms with van der Waals surface area (Å²) in [5, 5.41) is 21.2. The lowest BCUT2D eigenvalue weighted by atomic mass is 9.87. The summed E-state index contributed by atoms with van der Waals surface area (Å²) < 4.78 is 0. The molecule has 1 rings (SSSR count). The number of rotatable bonds is 1. The number of nitrogens with zero attached hydrogens (tertiary/aromatic N) is 1. The number of hydrogen-bond donors (Lipinski definition) is 3. The van der Waals surface area contributed by atoms with Crippen LogP contribution in [-0.4, -0.2) is 37.9 Å². The van der Waals surface area contributed by atoms with Gasteiger partial charge in [0.1, 0.15) is 11.1 Å². The van der Waals surface area contributed by atoms with Crippen LogP contribution in [-0.2, 0) is 0 Å². The average Bonchev–Trinajstić information content (AvgIpc) is 2.10. The van der Waals surface area contributed by atoms with Crippen molar-refractivity contribution < 1.29 is 15.3 Å². The molecule has 0 aromatic rings. The molecule has 0 saturated heterocycles. The van der Waals surface area contributed by atoms with Crippen LogP contribution in [0.2, 0.25) is 0 Å². The first-order valence-electron chi connectivity index (χ1n) is 4.87. The summed E-state index contributed by atoms with van der Waals surface area (Å²) in [4.78, 5) is 3.15. The van der Waals surface area contributed by atoms with Gasteiger partial charge in [0.05, 0.1) is 0 Å². The van der Waals surface area contributed by atoms with Gasteiger partial charge in [-0.1, -0.05) is 0 Å². The third-order valence-corrected chi connectivity index (χ3v) is 2.71. The zero-order valence-corrected chi connectivity index (χ0v) is 9.84. The Kier molecular flexibility index (Phi) is 2.31. The summed E-state index contributed by atoms with van der Waals surface area (Å²) in [6, 6.07) is 0. The van der Waals surface area contributed by atoms with E-state index in [1.54, 1.807) is 13.8 Å². The van der Waals surface area contributed by atoms with Gasteiger partial charge < -0.3 is 10.3 Å². The van der Waals surface area contributed by atoms with Gasteiger partial charge in [0.15, 0.2) is 0 Å². The Balaban J connectivity index is 3.20. The maximum absolute atomic E-state index is 9.97. The second-order valence-electron chi connectivity index (χ2n) is 5.49. The molecule has 82 valence electrons. The monoisotopic (exact) mass is 201 g/mol. The van der Waals surface area contributed by atoms with E-state index >= 15 is 0 Å². The molecule has 0 spiro atoms. The van der Waals surface area contributed by atoms with Crippen LogP contribution in [0.25, 0.3) is 0 Å². The number of hydroxylamine groups is 2. The van der Waals surface area contributed by atoms with E-state index in [-0.39, 0.29) is 0 Å². The van der Waals surface area contributed by atoms with Crippen LogP contribution >= 0.6 is 0 Å². The molecule has 3 N–H and O–H groups in total. The Bertz CT molecular complexity index is 274. The molecule has 0 aromatic heterocycles. The second kappa shape index (κ2) is 2.78. The van der Waals surface area contributed by atoms with Crippen LogP contribution in [0.1, 0.15) is 41.5 Å². The SMILES string of the molecule is CC(C)(O)C1=[NH+]C(C)(C)N(O)C1(C)C. The first kappa shape index (κ1) is 11.6. The van der Waals surface area contributed by atoms with Crippen molar-refractivity contribution in [3.63, 3.8) is 0 Å². The minimum absolute atomic E-state index is 0.543. The first-order valence-corrected chi connectivity index (χ1v) is 4.87. The molecule has 0 aromatic carbocycles. The summed E-state index contributed by atoms with van der Waals surface area (Å²) >= 11 is 0.